The molecule has 0 saturated heterocycles. The van der Waals surface area contributed by atoms with E-state index < -0.39 is 5.82 Å². The molecule has 0 spiro atoms. The summed E-state index contributed by atoms with van der Waals surface area (Å²) in [4.78, 5) is 15.9. The number of pyridine rings is 1. The number of nitrogens with zero attached hydrogens (tertiary/aromatic N) is 1. The number of halogens is 3. The molecule has 2 rings (SSSR count). The predicted octanol–water partition coefficient (Wildman–Crippen LogP) is 4.06. The lowest BCUT2D eigenvalue weighted by Crippen LogP contribution is -2.05. The lowest BCUT2D eigenvalue weighted by molar-refractivity contribution is 0.0992. The summed E-state index contributed by atoms with van der Waals surface area (Å²) < 4.78 is 13.7. The Morgan fingerprint density at radius 1 is 1.39 bits per heavy atom. The van der Waals surface area contributed by atoms with Crippen LogP contribution in [0.25, 0.3) is 0 Å². The fourth-order valence-electron chi connectivity index (χ4n) is 1.53. The van der Waals surface area contributed by atoms with Crippen LogP contribution in [-0.4, -0.2) is 10.8 Å². The average Bonchev–Trinajstić information content (AvgIpc) is 2.35. The summed E-state index contributed by atoms with van der Waals surface area (Å²) in [7, 11) is 0. The summed E-state index contributed by atoms with van der Waals surface area (Å²) in [5.74, 6) is -0.642. The summed E-state index contributed by atoms with van der Waals surface area (Å²) in [5.41, 5.74) is 0.982. The van der Waals surface area contributed by atoms with Crippen molar-refractivity contribution >= 4 is 33.3 Å². The number of ketones is 1. The lowest BCUT2D eigenvalue weighted by atomic mass is 10.0. The standard InChI is InChI=1S/C13H8BrClFNO/c14-11-2-1-9(16)6-10(11)13(18)5-8-3-4-17-7-12(8)15/h1-4,6-7H,5H2. The van der Waals surface area contributed by atoms with Crippen LogP contribution in [0.5, 0.6) is 0 Å². The summed E-state index contributed by atoms with van der Waals surface area (Å²) in [6.45, 7) is 0. The number of benzene rings is 1. The number of carbonyl (C=O) groups is 1. The van der Waals surface area contributed by atoms with E-state index in [1.54, 1.807) is 12.3 Å². The first-order chi connectivity index (χ1) is 8.58. The molecule has 92 valence electrons. The van der Waals surface area contributed by atoms with Crippen LogP contribution in [0.2, 0.25) is 5.02 Å². The Bertz CT molecular complexity index is 603. The van der Waals surface area contributed by atoms with Crippen molar-refractivity contribution in [2.24, 2.45) is 0 Å². The van der Waals surface area contributed by atoms with Crippen molar-refractivity contribution in [3.8, 4) is 0 Å². The van der Waals surface area contributed by atoms with E-state index in [-0.39, 0.29) is 12.2 Å². The maximum atomic E-state index is 13.1. The zero-order chi connectivity index (χ0) is 13.1. The van der Waals surface area contributed by atoms with E-state index in [1.807, 2.05) is 0 Å². The molecule has 5 heteroatoms. The van der Waals surface area contributed by atoms with Crippen molar-refractivity contribution in [1.29, 1.82) is 0 Å². The summed E-state index contributed by atoms with van der Waals surface area (Å²) in [5, 5.41) is 0.429. The Labute approximate surface area is 117 Å². The third-order valence-electron chi connectivity index (χ3n) is 2.44. The molecule has 0 amide bonds. The highest BCUT2D eigenvalue weighted by Gasteiger charge is 2.13. The Morgan fingerprint density at radius 2 is 2.17 bits per heavy atom. The first kappa shape index (κ1) is 13.2. The fraction of sp³-hybridized carbons (Fsp3) is 0.0769. The highest BCUT2D eigenvalue weighted by Crippen LogP contribution is 2.21. The molecule has 0 aliphatic carbocycles. The molecule has 0 atom stereocenters. The topological polar surface area (TPSA) is 30.0 Å². The molecule has 1 aromatic heterocycles. The van der Waals surface area contributed by atoms with E-state index in [0.29, 0.717) is 20.6 Å². The Kier molecular flexibility index (Phi) is 4.09. The van der Waals surface area contributed by atoms with Gasteiger partial charge >= 0.3 is 0 Å². The quantitative estimate of drug-likeness (QED) is 0.795. The first-order valence-corrected chi connectivity index (χ1v) is 6.31. The molecule has 0 radical (unpaired) electrons. The summed E-state index contributed by atoms with van der Waals surface area (Å²) in [6, 6.07) is 5.69. The molecule has 0 saturated carbocycles. The Morgan fingerprint density at radius 3 is 2.89 bits per heavy atom. The molecule has 18 heavy (non-hydrogen) atoms. The van der Waals surface area contributed by atoms with Crippen molar-refractivity contribution in [2.45, 2.75) is 6.42 Å². The molecule has 0 unspecified atom stereocenters. The Hall–Kier alpha value is -1.26. The van der Waals surface area contributed by atoms with E-state index in [2.05, 4.69) is 20.9 Å². The van der Waals surface area contributed by atoms with Crippen LogP contribution in [0.15, 0.2) is 41.1 Å². The smallest absolute Gasteiger partial charge is 0.168 e. The molecule has 2 aromatic rings. The van der Waals surface area contributed by atoms with Crippen molar-refractivity contribution < 1.29 is 9.18 Å². The van der Waals surface area contributed by atoms with Gasteiger partial charge in [0.2, 0.25) is 0 Å². The minimum absolute atomic E-state index is 0.114. The van der Waals surface area contributed by atoms with Gasteiger partial charge in [-0.1, -0.05) is 27.5 Å². The van der Waals surface area contributed by atoms with Gasteiger partial charge in [-0.2, -0.15) is 0 Å². The SMILES string of the molecule is O=C(Cc1ccncc1Cl)c1cc(F)ccc1Br. The van der Waals surface area contributed by atoms with E-state index >= 15 is 0 Å². The molecule has 1 heterocycles. The van der Waals surface area contributed by atoms with Crippen molar-refractivity contribution in [1.82, 2.24) is 4.98 Å². The molecule has 0 aliphatic heterocycles. The highest BCUT2D eigenvalue weighted by atomic mass is 79.9. The molecule has 0 aliphatic rings. The number of rotatable bonds is 3. The van der Waals surface area contributed by atoms with E-state index in [0.717, 1.165) is 0 Å². The minimum atomic E-state index is -0.442. The van der Waals surface area contributed by atoms with Gasteiger partial charge in [-0.3, -0.25) is 9.78 Å². The van der Waals surface area contributed by atoms with Crippen molar-refractivity contribution in [3.05, 3.63) is 63.1 Å². The van der Waals surface area contributed by atoms with Gasteiger partial charge in [0, 0.05) is 28.9 Å². The van der Waals surface area contributed by atoms with E-state index in [9.17, 15) is 9.18 Å². The summed E-state index contributed by atoms with van der Waals surface area (Å²) in [6.07, 6.45) is 3.16. The molecule has 0 N–H and O–H groups in total. The molecular formula is C13H8BrClFNO. The van der Waals surface area contributed by atoms with E-state index in [1.165, 1.54) is 24.4 Å². The zero-order valence-corrected chi connectivity index (χ0v) is 11.5. The van der Waals surface area contributed by atoms with Gasteiger partial charge in [-0.05, 0) is 29.8 Å². The Balaban J connectivity index is 2.28. The van der Waals surface area contributed by atoms with Gasteiger partial charge < -0.3 is 0 Å². The van der Waals surface area contributed by atoms with Gasteiger partial charge in [0.05, 0.1) is 5.02 Å². The number of aromatic nitrogens is 1. The van der Waals surface area contributed by atoms with Gasteiger partial charge in [-0.25, -0.2) is 4.39 Å². The number of hydrogen-bond acceptors (Lipinski definition) is 2. The second-order valence-corrected chi connectivity index (χ2v) is 4.95. The van der Waals surface area contributed by atoms with E-state index in [4.69, 9.17) is 11.6 Å². The van der Waals surface area contributed by atoms with Crippen LogP contribution in [0.1, 0.15) is 15.9 Å². The average molecular weight is 329 g/mol. The lowest BCUT2D eigenvalue weighted by Gasteiger charge is -2.05. The number of Topliss-reactive ketones (excluding diaryl/α,β-unsaturated/α-hetero) is 1. The van der Waals surface area contributed by atoms with Gasteiger partial charge in [-0.15, -0.1) is 0 Å². The number of hydrogen-bond donors (Lipinski definition) is 0. The normalized spacial score (nSPS) is 10.4. The van der Waals surface area contributed by atoms with Gasteiger partial charge in [0.25, 0.3) is 0 Å². The minimum Gasteiger partial charge on any atom is -0.294 e. The third kappa shape index (κ3) is 2.94. The fourth-order valence-corrected chi connectivity index (χ4v) is 2.18. The van der Waals surface area contributed by atoms with Crippen LogP contribution < -0.4 is 0 Å². The van der Waals surface area contributed by atoms with Crippen LogP contribution in [0.3, 0.4) is 0 Å². The highest BCUT2D eigenvalue weighted by molar-refractivity contribution is 9.10. The van der Waals surface area contributed by atoms with Crippen LogP contribution in [0.4, 0.5) is 4.39 Å². The molecular weight excluding hydrogens is 321 g/mol. The van der Waals surface area contributed by atoms with Crippen LogP contribution in [-0.2, 0) is 6.42 Å². The molecule has 0 fully saturated rings. The summed E-state index contributed by atoms with van der Waals surface area (Å²) >= 11 is 9.16. The predicted molar refractivity (Wildman–Crippen MR) is 71.4 cm³/mol. The number of carbonyl (C=O) groups excluding carboxylic acids is 1. The van der Waals surface area contributed by atoms with Crippen LogP contribution in [0, 0.1) is 5.82 Å². The van der Waals surface area contributed by atoms with Crippen molar-refractivity contribution in [3.63, 3.8) is 0 Å². The molecule has 0 bridgehead atoms. The monoisotopic (exact) mass is 327 g/mol. The maximum Gasteiger partial charge on any atom is 0.168 e. The zero-order valence-electron chi connectivity index (χ0n) is 9.16. The van der Waals surface area contributed by atoms with Crippen molar-refractivity contribution in [2.75, 3.05) is 0 Å². The maximum absolute atomic E-state index is 13.1. The third-order valence-corrected chi connectivity index (χ3v) is 3.47. The second kappa shape index (κ2) is 5.59. The second-order valence-electron chi connectivity index (χ2n) is 3.69. The first-order valence-electron chi connectivity index (χ1n) is 5.14. The van der Waals surface area contributed by atoms with Gasteiger partial charge in [0.15, 0.2) is 5.78 Å². The molecule has 1 aromatic carbocycles. The van der Waals surface area contributed by atoms with Gasteiger partial charge in [0.1, 0.15) is 5.82 Å². The largest absolute Gasteiger partial charge is 0.294 e. The van der Waals surface area contributed by atoms with Crippen LogP contribution >= 0.6 is 27.5 Å². The molecule has 2 nitrogen and oxygen atoms in total.